The number of hydrogen-bond acceptors (Lipinski definition) is 6. The number of carbonyl (C=O) groups excluding carboxylic acids is 3. The molecular weight excluding hydrogens is 512 g/mol. The molecule has 2 unspecified atom stereocenters. The maximum absolute atomic E-state index is 14.6. The zero-order valence-electron chi connectivity index (χ0n) is 23.5. The van der Waals surface area contributed by atoms with Gasteiger partial charge in [-0.05, 0) is 70.4 Å². The molecule has 39 heavy (non-hydrogen) atoms. The number of likely N-dealkylation sites (tertiary alicyclic amines) is 1. The summed E-state index contributed by atoms with van der Waals surface area (Å²) in [5.74, 6) is -1.90. The van der Waals surface area contributed by atoms with Crippen molar-refractivity contribution in [1.29, 1.82) is 0 Å². The average Bonchev–Trinajstić information content (AvgIpc) is 3.46. The summed E-state index contributed by atoms with van der Waals surface area (Å²) in [6, 6.07) is 5.19. The number of hydrogen-bond donors (Lipinski definition) is 1. The van der Waals surface area contributed by atoms with Gasteiger partial charge in [0.2, 0.25) is 5.91 Å². The Hall–Kier alpha value is -2.58. The Balaban J connectivity index is 1.72. The highest BCUT2D eigenvalue weighted by molar-refractivity contribution is 8.02. The summed E-state index contributed by atoms with van der Waals surface area (Å²) in [5.41, 5.74) is 2.77. The number of anilines is 1. The second kappa shape index (κ2) is 11.9. The molecule has 7 nitrogen and oxygen atoms in total. The van der Waals surface area contributed by atoms with Gasteiger partial charge in [-0.3, -0.25) is 14.4 Å². The highest BCUT2D eigenvalue weighted by Crippen LogP contribution is 2.71. The van der Waals surface area contributed by atoms with Gasteiger partial charge in [0.15, 0.2) is 0 Å². The molecule has 5 atom stereocenters. The largest absolute Gasteiger partial charge is 0.465 e. The summed E-state index contributed by atoms with van der Waals surface area (Å²) in [7, 11) is 0. The summed E-state index contributed by atoms with van der Waals surface area (Å²) < 4.78 is 4.54. The van der Waals surface area contributed by atoms with Crippen LogP contribution < -0.4 is 4.90 Å². The van der Waals surface area contributed by atoms with Gasteiger partial charge in [-0.2, -0.15) is 0 Å². The lowest BCUT2D eigenvalue weighted by atomic mass is 9.66. The van der Waals surface area contributed by atoms with Crippen LogP contribution in [0.25, 0.3) is 0 Å². The maximum Gasteiger partial charge on any atom is 0.311 e. The lowest BCUT2D eigenvalue weighted by molar-refractivity contribution is -0.155. The van der Waals surface area contributed by atoms with Gasteiger partial charge >= 0.3 is 5.97 Å². The molecule has 0 saturated carbocycles. The van der Waals surface area contributed by atoms with Crippen LogP contribution in [0.3, 0.4) is 0 Å². The Kier molecular flexibility index (Phi) is 8.96. The second-order valence-corrected chi connectivity index (χ2v) is 13.2. The SMILES string of the molecule is C=CCCCCOC(=O)[C@H]1[C@H]2C(=O)N(CCCO)C(C(=O)N(CC=C)c3c(C)cccc3C)C23CC[C@]1(C)S3. The number of benzene rings is 1. The van der Waals surface area contributed by atoms with Crippen molar-refractivity contribution in [1.82, 2.24) is 4.90 Å². The Morgan fingerprint density at radius 3 is 2.54 bits per heavy atom. The molecule has 0 aliphatic carbocycles. The van der Waals surface area contributed by atoms with E-state index >= 15 is 0 Å². The first-order valence-electron chi connectivity index (χ1n) is 14.0. The minimum atomic E-state index is -0.738. The highest BCUT2D eigenvalue weighted by Gasteiger charge is 2.77. The van der Waals surface area contributed by atoms with Crippen LogP contribution in [0.2, 0.25) is 0 Å². The van der Waals surface area contributed by atoms with Crippen molar-refractivity contribution in [3.63, 3.8) is 0 Å². The van der Waals surface area contributed by atoms with Crippen molar-refractivity contribution in [2.24, 2.45) is 11.8 Å². The number of ether oxygens (including phenoxy) is 1. The van der Waals surface area contributed by atoms with Crippen LogP contribution in [-0.4, -0.2) is 69.6 Å². The molecule has 3 heterocycles. The fraction of sp³-hybridized carbons (Fsp3) is 0.581. The predicted molar refractivity (Wildman–Crippen MR) is 156 cm³/mol. The lowest BCUT2D eigenvalue weighted by Crippen LogP contribution is -2.55. The van der Waals surface area contributed by atoms with E-state index in [2.05, 4.69) is 13.2 Å². The third-order valence-electron chi connectivity index (χ3n) is 8.66. The number of rotatable bonds is 13. The van der Waals surface area contributed by atoms with E-state index in [1.165, 1.54) is 0 Å². The number of esters is 1. The van der Waals surface area contributed by atoms with Crippen LogP contribution >= 0.6 is 11.8 Å². The van der Waals surface area contributed by atoms with Gasteiger partial charge in [-0.15, -0.1) is 24.9 Å². The number of thioether (sulfide) groups is 1. The summed E-state index contributed by atoms with van der Waals surface area (Å²) >= 11 is 1.64. The minimum Gasteiger partial charge on any atom is -0.465 e. The molecule has 3 aliphatic rings. The van der Waals surface area contributed by atoms with Crippen LogP contribution in [0.15, 0.2) is 43.5 Å². The molecule has 212 valence electrons. The number of allylic oxidation sites excluding steroid dienone is 1. The molecule has 3 saturated heterocycles. The monoisotopic (exact) mass is 554 g/mol. The molecule has 3 fully saturated rings. The second-order valence-electron chi connectivity index (χ2n) is 11.3. The Bertz CT molecular complexity index is 1120. The van der Waals surface area contributed by atoms with Gasteiger partial charge in [0.25, 0.3) is 5.91 Å². The van der Waals surface area contributed by atoms with E-state index in [1.54, 1.807) is 27.6 Å². The molecular formula is C31H42N2O5S. The molecule has 1 aromatic rings. The Morgan fingerprint density at radius 2 is 1.90 bits per heavy atom. The first-order chi connectivity index (χ1) is 18.7. The standard InChI is InChI=1S/C31H42N2O5S/c1-6-8-9-10-20-38-29(37)24-23-27(35)33(18-12-19-34)26(31(23)16-15-30(24,5)39-31)28(36)32(17-7-2)25-21(3)13-11-14-22(25)4/h6-7,11,13-14,23-24,26,34H,1-2,8-10,12,15-20H2,3-5H3/t23-,24+,26?,30-,31?/m0/s1. The van der Waals surface area contributed by atoms with Gasteiger partial charge < -0.3 is 19.6 Å². The topological polar surface area (TPSA) is 87.1 Å². The van der Waals surface area contributed by atoms with Crippen LogP contribution in [-0.2, 0) is 19.1 Å². The normalized spacial score (nSPS) is 28.9. The van der Waals surface area contributed by atoms with Crippen molar-refractivity contribution in [2.45, 2.75) is 74.8 Å². The Morgan fingerprint density at radius 1 is 1.18 bits per heavy atom. The van der Waals surface area contributed by atoms with E-state index in [4.69, 9.17) is 4.74 Å². The van der Waals surface area contributed by atoms with Crippen LogP contribution in [0.5, 0.6) is 0 Å². The molecule has 8 heteroatoms. The van der Waals surface area contributed by atoms with Gasteiger partial charge in [0.1, 0.15) is 6.04 Å². The van der Waals surface area contributed by atoms with E-state index in [0.717, 1.165) is 42.5 Å². The van der Waals surface area contributed by atoms with E-state index in [9.17, 15) is 19.5 Å². The number of nitrogens with zero attached hydrogens (tertiary/aromatic N) is 2. The minimum absolute atomic E-state index is 0.0866. The van der Waals surface area contributed by atoms with Crippen molar-refractivity contribution >= 4 is 35.2 Å². The van der Waals surface area contributed by atoms with Gasteiger partial charge in [0.05, 0.1) is 23.2 Å². The predicted octanol–water partition coefficient (Wildman–Crippen LogP) is 4.59. The number of amides is 2. The van der Waals surface area contributed by atoms with Crippen molar-refractivity contribution in [3.8, 4) is 0 Å². The molecule has 0 radical (unpaired) electrons. The molecule has 2 amide bonds. The third-order valence-corrected chi connectivity index (χ3v) is 10.6. The third kappa shape index (κ3) is 5.06. The summed E-state index contributed by atoms with van der Waals surface area (Å²) in [5, 5.41) is 9.62. The summed E-state index contributed by atoms with van der Waals surface area (Å²) in [6.07, 6.45) is 7.84. The zero-order valence-corrected chi connectivity index (χ0v) is 24.3. The van der Waals surface area contributed by atoms with Gasteiger partial charge in [0, 0.05) is 30.1 Å². The van der Waals surface area contributed by atoms with Crippen LogP contribution in [0.4, 0.5) is 5.69 Å². The highest BCUT2D eigenvalue weighted by atomic mass is 32.2. The first kappa shape index (κ1) is 29.4. The Labute approximate surface area is 236 Å². The molecule has 2 bridgehead atoms. The maximum atomic E-state index is 14.6. The molecule has 3 aliphatic heterocycles. The summed E-state index contributed by atoms with van der Waals surface area (Å²) in [4.78, 5) is 45.7. The quantitative estimate of drug-likeness (QED) is 0.218. The smallest absolute Gasteiger partial charge is 0.311 e. The number of aryl methyl sites for hydroxylation is 2. The van der Waals surface area contributed by atoms with Crippen molar-refractivity contribution < 1.29 is 24.2 Å². The van der Waals surface area contributed by atoms with Gasteiger partial charge in [-0.25, -0.2) is 0 Å². The first-order valence-corrected chi connectivity index (χ1v) is 14.9. The fourth-order valence-corrected chi connectivity index (χ4v) is 9.34. The number of fused-ring (bicyclic) bond motifs is 1. The number of aliphatic hydroxyl groups excluding tert-OH is 1. The molecule has 1 spiro atoms. The number of unbranched alkanes of at least 4 members (excludes halogenated alkanes) is 2. The lowest BCUT2D eigenvalue weighted by Gasteiger charge is -2.38. The van der Waals surface area contributed by atoms with Crippen molar-refractivity contribution in [2.75, 3.05) is 31.2 Å². The van der Waals surface area contributed by atoms with Crippen LogP contribution in [0.1, 0.15) is 56.6 Å². The molecule has 1 N–H and O–H groups in total. The molecule has 4 rings (SSSR count). The van der Waals surface area contributed by atoms with E-state index in [1.807, 2.05) is 45.0 Å². The van der Waals surface area contributed by atoms with E-state index in [0.29, 0.717) is 26.0 Å². The number of para-hydroxylation sites is 1. The molecule has 1 aromatic carbocycles. The summed E-state index contributed by atoms with van der Waals surface area (Å²) in [6.45, 7) is 14.4. The fourth-order valence-electron chi connectivity index (χ4n) is 7.00. The number of aliphatic hydroxyl groups is 1. The number of carbonyl (C=O) groups is 3. The van der Waals surface area contributed by atoms with Gasteiger partial charge in [-0.1, -0.05) is 30.4 Å². The van der Waals surface area contributed by atoms with Crippen molar-refractivity contribution in [3.05, 3.63) is 54.6 Å². The molecule has 0 aromatic heterocycles. The average molecular weight is 555 g/mol. The van der Waals surface area contributed by atoms with E-state index < -0.39 is 27.4 Å². The zero-order chi connectivity index (χ0) is 28.4. The van der Waals surface area contributed by atoms with Crippen LogP contribution in [0, 0.1) is 25.7 Å². The van der Waals surface area contributed by atoms with E-state index in [-0.39, 0.29) is 30.9 Å².